The molecule has 0 bridgehead atoms. The molecule has 0 amide bonds. The second-order valence-electron chi connectivity index (χ2n) is 2.26. The summed E-state index contributed by atoms with van der Waals surface area (Å²) in [5.74, 6) is 0. The number of allylic oxidation sites excluding steroid dienone is 1. The van der Waals surface area contributed by atoms with Crippen LogP contribution in [-0.4, -0.2) is 5.33 Å². The van der Waals surface area contributed by atoms with Crippen molar-refractivity contribution in [2.75, 3.05) is 5.33 Å². The molecule has 0 aliphatic carbocycles. The fourth-order valence-corrected chi connectivity index (χ4v) is 1.96. The van der Waals surface area contributed by atoms with E-state index in [9.17, 15) is 0 Å². The Balaban J connectivity index is 2.86. The summed E-state index contributed by atoms with van der Waals surface area (Å²) in [4.78, 5) is 1.14. The molecule has 0 N–H and O–H groups in total. The minimum Gasteiger partial charge on any atom is -0.143 e. The van der Waals surface area contributed by atoms with E-state index < -0.39 is 0 Å². The van der Waals surface area contributed by atoms with E-state index in [1.54, 1.807) is 11.3 Å². The first kappa shape index (κ1) is 9.30. The zero-order chi connectivity index (χ0) is 8.27. The van der Waals surface area contributed by atoms with E-state index in [4.69, 9.17) is 11.6 Å². The van der Waals surface area contributed by atoms with Gasteiger partial charge in [0.2, 0.25) is 0 Å². The van der Waals surface area contributed by atoms with Gasteiger partial charge in [-0.25, -0.2) is 0 Å². The number of alkyl halides is 1. The fraction of sp³-hybridized carbons (Fsp3) is 0.250. The third kappa shape index (κ3) is 2.62. The van der Waals surface area contributed by atoms with E-state index in [-0.39, 0.29) is 0 Å². The Morgan fingerprint density at radius 1 is 1.82 bits per heavy atom. The van der Waals surface area contributed by atoms with Crippen LogP contribution in [0.25, 0.3) is 6.08 Å². The highest BCUT2D eigenvalue weighted by Crippen LogP contribution is 2.24. The molecule has 1 heterocycles. The number of hydrogen-bond acceptors (Lipinski definition) is 1. The van der Waals surface area contributed by atoms with Crippen LogP contribution >= 0.6 is 38.9 Å². The normalized spacial score (nSPS) is 12.1. The van der Waals surface area contributed by atoms with Crippen LogP contribution in [-0.2, 0) is 0 Å². The Morgan fingerprint density at radius 3 is 3.00 bits per heavy atom. The first-order valence-electron chi connectivity index (χ1n) is 3.20. The lowest BCUT2D eigenvalue weighted by atomic mass is 10.3. The summed E-state index contributed by atoms with van der Waals surface area (Å²) < 4.78 is 0. The third-order valence-electron chi connectivity index (χ3n) is 1.23. The van der Waals surface area contributed by atoms with E-state index in [1.165, 1.54) is 5.57 Å². The lowest BCUT2D eigenvalue weighted by Gasteiger charge is -1.92. The molecule has 0 saturated carbocycles. The minimum absolute atomic E-state index is 0.843. The maximum absolute atomic E-state index is 5.89. The highest BCUT2D eigenvalue weighted by Gasteiger charge is 1.97. The predicted molar refractivity (Wildman–Crippen MR) is 56.8 cm³/mol. The summed E-state index contributed by atoms with van der Waals surface area (Å²) in [6, 6.07) is 1.92. The van der Waals surface area contributed by atoms with Gasteiger partial charge in [-0.1, -0.05) is 33.1 Å². The van der Waals surface area contributed by atoms with Gasteiger partial charge in [0.05, 0.1) is 5.02 Å². The van der Waals surface area contributed by atoms with E-state index in [2.05, 4.69) is 28.9 Å². The highest BCUT2D eigenvalue weighted by atomic mass is 79.9. The van der Waals surface area contributed by atoms with E-state index >= 15 is 0 Å². The standard InChI is InChI=1S/C8H8BrClS/c1-6(5-9)4-8-7(10)2-3-11-8/h2-4H,5H2,1H3/b6-4-. The second kappa shape index (κ2) is 4.29. The van der Waals surface area contributed by atoms with Gasteiger partial charge in [0.25, 0.3) is 0 Å². The van der Waals surface area contributed by atoms with Crippen LogP contribution in [0.2, 0.25) is 5.02 Å². The van der Waals surface area contributed by atoms with Gasteiger partial charge in [0.15, 0.2) is 0 Å². The molecule has 0 unspecified atom stereocenters. The average molecular weight is 252 g/mol. The molecule has 11 heavy (non-hydrogen) atoms. The van der Waals surface area contributed by atoms with Crippen LogP contribution < -0.4 is 0 Å². The average Bonchev–Trinajstić information content (AvgIpc) is 2.37. The van der Waals surface area contributed by atoms with Crippen LogP contribution in [0.4, 0.5) is 0 Å². The molecule has 1 aromatic rings. The fourth-order valence-electron chi connectivity index (χ4n) is 0.671. The molecule has 0 radical (unpaired) electrons. The Morgan fingerprint density at radius 2 is 2.55 bits per heavy atom. The number of rotatable bonds is 2. The summed E-state index contributed by atoms with van der Waals surface area (Å²) in [5, 5.41) is 3.74. The summed E-state index contributed by atoms with van der Waals surface area (Å²) in [7, 11) is 0. The molecule has 0 spiro atoms. The predicted octanol–water partition coefficient (Wildman–Crippen LogP) is 4.20. The molecule has 0 aliphatic rings. The maximum Gasteiger partial charge on any atom is 0.0586 e. The smallest absolute Gasteiger partial charge is 0.0586 e. The van der Waals surface area contributed by atoms with Crippen molar-refractivity contribution in [2.24, 2.45) is 0 Å². The van der Waals surface area contributed by atoms with E-state index in [1.807, 2.05) is 11.4 Å². The SMILES string of the molecule is C/C(=C/c1sccc1Cl)CBr. The van der Waals surface area contributed by atoms with Crippen molar-refractivity contribution in [2.45, 2.75) is 6.92 Å². The lowest BCUT2D eigenvalue weighted by Crippen LogP contribution is -1.73. The Kier molecular flexibility index (Phi) is 3.63. The molecule has 0 saturated heterocycles. The maximum atomic E-state index is 5.89. The Bertz CT molecular complexity index is 265. The summed E-state index contributed by atoms with van der Waals surface area (Å²) >= 11 is 10.9. The van der Waals surface area contributed by atoms with Gasteiger partial charge >= 0.3 is 0 Å². The van der Waals surface area contributed by atoms with Gasteiger partial charge in [0, 0.05) is 10.2 Å². The first-order valence-corrected chi connectivity index (χ1v) is 5.58. The van der Waals surface area contributed by atoms with Gasteiger partial charge in [-0.15, -0.1) is 11.3 Å². The third-order valence-corrected chi connectivity index (χ3v) is 3.42. The molecule has 0 atom stereocenters. The van der Waals surface area contributed by atoms with Gasteiger partial charge in [-0.3, -0.25) is 0 Å². The van der Waals surface area contributed by atoms with Crippen LogP contribution in [0.1, 0.15) is 11.8 Å². The topological polar surface area (TPSA) is 0 Å². The van der Waals surface area contributed by atoms with Crippen LogP contribution in [0.15, 0.2) is 17.0 Å². The number of thiophene rings is 1. The molecule has 0 nitrogen and oxygen atoms in total. The van der Waals surface area contributed by atoms with Crippen molar-refractivity contribution in [3.8, 4) is 0 Å². The molecule has 0 aromatic carbocycles. The van der Waals surface area contributed by atoms with Gasteiger partial charge in [-0.2, -0.15) is 0 Å². The second-order valence-corrected chi connectivity index (χ2v) is 4.17. The molecule has 3 heteroatoms. The van der Waals surface area contributed by atoms with Crippen LogP contribution in [0.5, 0.6) is 0 Å². The largest absolute Gasteiger partial charge is 0.143 e. The van der Waals surface area contributed by atoms with E-state index in [0.717, 1.165) is 15.2 Å². The number of halogens is 2. The zero-order valence-electron chi connectivity index (χ0n) is 6.10. The minimum atomic E-state index is 0.843. The van der Waals surface area contributed by atoms with Crippen molar-refractivity contribution in [3.05, 3.63) is 26.9 Å². The zero-order valence-corrected chi connectivity index (χ0v) is 9.26. The summed E-state index contributed by atoms with van der Waals surface area (Å²) in [5.41, 5.74) is 1.29. The van der Waals surface area contributed by atoms with E-state index in [0.29, 0.717) is 0 Å². The summed E-state index contributed by atoms with van der Waals surface area (Å²) in [6.45, 7) is 2.07. The molecular formula is C8H8BrClS. The molecule has 0 fully saturated rings. The number of hydrogen-bond donors (Lipinski definition) is 0. The lowest BCUT2D eigenvalue weighted by molar-refractivity contribution is 1.46. The van der Waals surface area contributed by atoms with Crippen molar-refractivity contribution < 1.29 is 0 Å². The molecule has 1 rings (SSSR count). The Labute approximate surface area is 84.0 Å². The van der Waals surface area contributed by atoms with Crippen molar-refractivity contribution in [1.82, 2.24) is 0 Å². The molecule has 0 aliphatic heterocycles. The van der Waals surface area contributed by atoms with Gasteiger partial charge < -0.3 is 0 Å². The van der Waals surface area contributed by atoms with Gasteiger partial charge in [0.1, 0.15) is 0 Å². The van der Waals surface area contributed by atoms with Crippen molar-refractivity contribution in [3.63, 3.8) is 0 Å². The highest BCUT2D eigenvalue weighted by molar-refractivity contribution is 9.09. The van der Waals surface area contributed by atoms with Gasteiger partial charge in [-0.05, 0) is 24.4 Å². The summed E-state index contributed by atoms with van der Waals surface area (Å²) in [6.07, 6.45) is 2.10. The molecule has 60 valence electrons. The first-order chi connectivity index (χ1) is 5.24. The van der Waals surface area contributed by atoms with Crippen LogP contribution in [0, 0.1) is 0 Å². The molecular weight excluding hydrogens is 244 g/mol. The van der Waals surface area contributed by atoms with Crippen molar-refractivity contribution >= 4 is 44.9 Å². The monoisotopic (exact) mass is 250 g/mol. The Hall–Kier alpha value is 0.210. The van der Waals surface area contributed by atoms with Crippen LogP contribution in [0.3, 0.4) is 0 Å². The van der Waals surface area contributed by atoms with Crippen molar-refractivity contribution in [1.29, 1.82) is 0 Å². The molecule has 1 aromatic heterocycles. The quantitative estimate of drug-likeness (QED) is 0.691.